The number of carbonyl (C=O) groups excluding carboxylic acids is 7. The summed E-state index contributed by atoms with van der Waals surface area (Å²) in [5.41, 5.74) is 27.4. The van der Waals surface area contributed by atoms with E-state index in [1.54, 1.807) is 0 Å². The number of hydrogen-bond donors (Lipinski definition) is 16. The predicted octanol–water partition coefficient (Wildman–Crippen LogP) is -9.28. The van der Waals surface area contributed by atoms with Crippen LogP contribution in [-0.2, 0) is 39.2 Å². The van der Waals surface area contributed by atoms with Gasteiger partial charge in [-0.3, -0.25) is 42.9 Å². The zero-order valence-corrected chi connectivity index (χ0v) is 27.8. The van der Waals surface area contributed by atoms with E-state index in [0.29, 0.717) is 6.42 Å². The Hall–Kier alpha value is -5.19. The number of carbonyl (C=O) groups is 7. The highest BCUT2D eigenvalue weighted by molar-refractivity contribution is 7.79. The van der Waals surface area contributed by atoms with E-state index in [1.165, 1.54) is 0 Å². The minimum atomic E-state index is -4.67. The molecule has 2 aliphatic rings. The molecule has 1 saturated heterocycles. The van der Waals surface area contributed by atoms with E-state index in [4.69, 9.17) is 46.2 Å². The number of nitrogens with two attached hydrogens (primary N) is 5. The van der Waals surface area contributed by atoms with E-state index in [-0.39, 0.29) is 31.9 Å². The second-order valence-electron chi connectivity index (χ2n) is 10.7. The first-order chi connectivity index (χ1) is 23.8. The van der Waals surface area contributed by atoms with Gasteiger partial charge in [0.05, 0.1) is 18.7 Å². The topological polar surface area (TPSA) is 453 Å². The number of primary amides is 1. The third-order valence-electron chi connectivity index (χ3n) is 6.71. The van der Waals surface area contributed by atoms with Crippen molar-refractivity contribution in [3.05, 3.63) is 11.9 Å². The summed E-state index contributed by atoms with van der Waals surface area (Å²) in [6, 6.07) is -9.04. The fraction of sp³-hybridized carbons (Fsp3) is 0.583. The fourth-order valence-corrected chi connectivity index (χ4v) is 4.14. The van der Waals surface area contributed by atoms with Crippen LogP contribution < -0.4 is 71.2 Å². The molecule has 2 rings (SSSR count). The van der Waals surface area contributed by atoms with E-state index in [1.807, 2.05) is 5.32 Å². The van der Waals surface area contributed by atoms with Gasteiger partial charge in [-0.1, -0.05) is 0 Å². The van der Waals surface area contributed by atoms with Gasteiger partial charge in [0.2, 0.25) is 29.5 Å². The number of guanidine groups is 1. The van der Waals surface area contributed by atoms with E-state index in [0.717, 1.165) is 6.20 Å². The Labute approximate surface area is 290 Å². The maximum atomic E-state index is 13.4. The molecule has 0 aliphatic carbocycles. The summed E-state index contributed by atoms with van der Waals surface area (Å²) >= 11 is 0. The van der Waals surface area contributed by atoms with Gasteiger partial charge in [0.1, 0.15) is 29.9 Å². The molecular weight excluding hydrogens is 708 g/mol. The van der Waals surface area contributed by atoms with Crippen molar-refractivity contribution in [2.45, 2.75) is 55.5 Å². The number of amides is 8. The molecule has 0 unspecified atom stereocenters. The molecule has 6 atom stereocenters. The van der Waals surface area contributed by atoms with Crippen LogP contribution in [0.5, 0.6) is 0 Å². The second-order valence-corrected chi connectivity index (χ2v) is 11.6. The lowest BCUT2D eigenvalue weighted by Crippen LogP contribution is -2.64. The van der Waals surface area contributed by atoms with Crippen LogP contribution in [0, 0.1) is 0 Å². The molecule has 0 aromatic rings. The normalized spacial score (nSPS) is 25.1. The van der Waals surface area contributed by atoms with Crippen molar-refractivity contribution in [3.8, 4) is 0 Å². The maximum Gasteiger partial charge on any atom is 0.394 e. The van der Waals surface area contributed by atoms with Crippen LogP contribution in [0.4, 0.5) is 4.79 Å². The molecule has 0 bridgehead atoms. The van der Waals surface area contributed by atoms with E-state index < -0.39 is 114 Å². The van der Waals surface area contributed by atoms with Gasteiger partial charge in [-0.25, -0.2) is 4.79 Å². The summed E-state index contributed by atoms with van der Waals surface area (Å²) in [7, 11) is -4.67. The summed E-state index contributed by atoms with van der Waals surface area (Å²) < 4.78 is 31.6. The largest absolute Gasteiger partial charge is 0.394 e. The number of aliphatic imine (C=N–C) groups is 1. The number of nitrogens with zero attached hydrogens (tertiary/aromatic N) is 1. The monoisotopic (exact) mass is 752 g/mol. The van der Waals surface area contributed by atoms with Gasteiger partial charge < -0.3 is 76.3 Å². The Morgan fingerprint density at radius 2 is 1.63 bits per heavy atom. The highest BCUT2D eigenvalue weighted by Gasteiger charge is 2.35. The SMILES string of the molecule is NCCC[C@H](N)C(=O)NC[C@H]1NC(=O)[C@H](CO)NC(=O)[C@H](N)CNC(=O)[C@H]([C@H]2CCN=C(N)N2)NC(=O)/C(=C/NC(N)=O)NC1=O.O=S(=O)(O)O. The Bertz CT molecular complexity index is 1450. The average Bonchev–Trinajstić information content (AvgIpc) is 3.05. The standard InChI is InChI=1S/C24H42N14O8.H2O4S/c25-4-1-2-10(26)17(40)32-7-13-19(42)34-14(8-33-24(29)46)20(43)38-16(12-3-5-30-23(28)37-12)22(45)31-6-11(27)18(41)36-15(9-39)21(44)35-13;1-5(2,3)4/h8,10-13,15-16,39H,1-7,9,25-27H2,(H,31,45)(H,32,40)(H,34,42)(H,35,44)(H,36,41)(H,38,43)(H3,28,30,37)(H3,29,33,46);(H2,1,2,3,4)/b14-8-;/t10-,11+,12+,13+,15-,16-;/m0./s1. The minimum absolute atomic E-state index is 0.0144. The average molecular weight is 753 g/mol. The Morgan fingerprint density at radius 3 is 2.20 bits per heavy atom. The number of aliphatic hydroxyl groups is 1. The molecular formula is C24H44N14O12S. The highest BCUT2D eigenvalue weighted by Crippen LogP contribution is 2.07. The second kappa shape index (κ2) is 21.1. The van der Waals surface area contributed by atoms with Crippen molar-refractivity contribution in [3.63, 3.8) is 0 Å². The molecule has 0 aromatic heterocycles. The van der Waals surface area contributed by atoms with E-state index in [9.17, 15) is 38.7 Å². The van der Waals surface area contributed by atoms with Gasteiger partial charge in [-0.15, -0.1) is 0 Å². The van der Waals surface area contributed by atoms with Crippen LogP contribution in [0.1, 0.15) is 19.3 Å². The number of aliphatic hydroxyl groups excluding tert-OH is 1. The highest BCUT2D eigenvalue weighted by atomic mass is 32.3. The van der Waals surface area contributed by atoms with Crippen LogP contribution in [0.2, 0.25) is 0 Å². The van der Waals surface area contributed by atoms with Gasteiger partial charge in [0.15, 0.2) is 5.96 Å². The zero-order chi connectivity index (χ0) is 38.9. The van der Waals surface area contributed by atoms with Crippen molar-refractivity contribution in [2.75, 3.05) is 32.8 Å². The van der Waals surface area contributed by atoms with Crippen LogP contribution in [0.15, 0.2) is 16.9 Å². The molecule has 1 fully saturated rings. The molecule has 288 valence electrons. The summed E-state index contributed by atoms with van der Waals surface area (Å²) in [6.07, 6.45) is 1.61. The van der Waals surface area contributed by atoms with Gasteiger partial charge in [-0.2, -0.15) is 8.42 Å². The molecule has 51 heavy (non-hydrogen) atoms. The Balaban J connectivity index is 0.00000242. The molecule has 0 aromatic carbocycles. The van der Waals surface area contributed by atoms with Crippen LogP contribution >= 0.6 is 0 Å². The number of hydrogen-bond acceptors (Lipinski definition) is 16. The van der Waals surface area contributed by atoms with Gasteiger partial charge in [-0.05, 0) is 25.8 Å². The summed E-state index contributed by atoms with van der Waals surface area (Å²) in [5.74, 6) is -5.78. The molecule has 2 heterocycles. The number of rotatable bonds is 9. The molecule has 21 N–H and O–H groups in total. The summed E-state index contributed by atoms with van der Waals surface area (Å²) in [6.45, 7) is -1.51. The van der Waals surface area contributed by atoms with Crippen LogP contribution in [-0.4, -0.2) is 139 Å². The van der Waals surface area contributed by atoms with Crippen LogP contribution in [0.25, 0.3) is 0 Å². The van der Waals surface area contributed by atoms with Crippen LogP contribution in [0.3, 0.4) is 0 Å². The first-order valence-corrected chi connectivity index (χ1v) is 16.3. The molecule has 27 heteroatoms. The Kier molecular flexibility index (Phi) is 18.2. The number of nitrogens with one attached hydrogen (secondary N) is 8. The first-order valence-electron chi connectivity index (χ1n) is 14.9. The van der Waals surface area contributed by atoms with E-state index >= 15 is 0 Å². The predicted molar refractivity (Wildman–Crippen MR) is 174 cm³/mol. The number of urea groups is 1. The quantitative estimate of drug-likeness (QED) is 0.0768. The lowest BCUT2D eigenvalue weighted by Gasteiger charge is -2.31. The van der Waals surface area contributed by atoms with E-state index in [2.05, 4.69) is 42.2 Å². The Morgan fingerprint density at radius 1 is 1.00 bits per heavy atom. The molecule has 2 aliphatic heterocycles. The molecule has 26 nitrogen and oxygen atoms in total. The third-order valence-corrected chi connectivity index (χ3v) is 6.71. The lowest BCUT2D eigenvalue weighted by atomic mass is 10.0. The molecule has 8 amide bonds. The van der Waals surface area contributed by atoms with Gasteiger partial charge in [0.25, 0.3) is 5.91 Å². The molecule has 0 spiro atoms. The van der Waals surface area contributed by atoms with Crippen molar-refractivity contribution in [1.82, 2.24) is 42.5 Å². The third kappa shape index (κ3) is 16.9. The molecule has 0 radical (unpaired) electrons. The minimum Gasteiger partial charge on any atom is -0.394 e. The van der Waals surface area contributed by atoms with Crippen molar-refractivity contribution >= 4 is 57.8 Å². The van der Waals surface area contributed by atoms with Gasteiger partial charge in [0, 0.05) is 25.8 Å². The van der Waals surface area contributed by atoms with Gasteiger partial charge >= 0.3 is 16.4 Å². The summed E-state index contributed by atoms with van der Waals surface area (Å²) in [5, 5.41) is 28.6. The summed E-state index contributed by atoms with van der Waals surface area (Å²) in [4.78, 5) is 93.7. The first kappa shape index (κ1) is 43.8. The van der Waals surface area contributed by atoms with Crippen molar-refractivity contribution in [1.29, 1.82) is 0 Å². The fourth-order valence-electron chi connectivity index (χ4n) is 4.14. The smallest absolute Gasteiger partial charge is 0.394 e. The van der Waals surface area contributed by atoms with Crippen molar-refractivity contribution < 1.29 is 56.2 Å². The lowest BCUT2D eigenvalue weighted by molar-refractivity contribution is -0.134. The van der Waals surface area contributed by atoms with Crippen molar-refractivity contribution in [2.24, 2.45) is 33.7 Å². The molecule has 0 saturated carbocycles. The maximum absolute atomic E-state index is 13.4. The zero-order valence-electron chi connectivity index (χ0n) is 27.0.